The average molecular weight is 397 g/mol. The van der Waals surface area contributed by atoms with Gasteiger partial charge in [0.25, 0.3) is 10.0 Å². The summed E-state index contributed by atoms with van der Waals surface area (Å²) in [6.45, 7) is 0. The topological polar surface area (TPSA) is 66.4 Å². The van der Waals surface area contributed by atoms with E-state index >= 15 is 0 Å². The van der Waals surface area contributed by atoms with E-state index in [1.165, 1.54) is 30.3 Å². The highest BCUT2D eigenvalue weighted by Gasteiger charge is 2.17. The normalized spacial score (nSPS) is 11.3. The van der Waals surface area contributed by atoms with E-state index in [2.05, 4.69) is 20.7 Å². The van der Waals surface area contributed by atoms with Gasteiger partial charge in [0, 0.05) is 4.47 Å². The molecule has 2 aromatic rings. The van der Waals surface area contributed by atoms with Gasteiger partial charge in [-0.05, 0) is 52.3 Å². The van der Waals surface area contributed by atoms with E-state index in [1.807, 2.05) is 0 Å². The Kier molecular flexibility index (Phi) is 4.49. The number of phenols is 1. The molecule has 0 radical (unpaired) electrons. The molecule has 0 amide bonds. The summed E-state index contributed by atoms with van der Waals surface area (Å²) < 4.78 is 27.2. The number of nitrogens with one attached hydrogen (secondary N) is 1. The van der Waals surface area contributed by atoms with E-state index in [1.54, 1.807) is 6.07 Å². The van der Waals surface area contributed by atoms with Crippen LogP contribution in [-0.4, -0.2) is 13.5 Å². The summed E-state index contributed by atoms with van der Waals surface area (Å²) in [5.41, 5.74) is 0.174. The molecule has 0 aliphatic carbocycles. The van der Waals surface area contributed by atoms with Crippen molar-refractivity contribution < 1.29 is 13.5 Å². The molecular formula is C12H8BrCl2NO3S. The third-order valence-corrected chi connectivity index (χ3v) is 5.58. The first kappa shape index (κ1) is 15.4. The fourth-order valence-electron chi connectivity index (χ4n) is 1.43. The number of rotatable bonds is 3. The van der Waals surface area contributed by atoms with Gasteiger partial charge in [-0.3, -0.25) is 4.72 Å². The summed E-state index contributed by atoms with van der Waals surface area (Å²) in [5, 5.41) is 9.48. The second kappa shape index (κ2) is 5.81. The number of aromatic hydroxyl groups is 1. The van der Waals surface area contributed by atoms with Gasteiger partial charge in [0.2, 0.25) is 0 Å². The summed E-state index contributed by atoms with van der Waals surface area (Å²) in [4.78, 5) is 0.00501. The third-order valence-electron chi connectivity index (χ3n) is 2.43. The molecule has 106 valence electrons. The molecule has 8 heteroatoms. The van der Waals surface area contributed by atoms with Crippen molar-refractivity contribution in [1.82, 2.24) is 0 Å². The van der Waals surface area contributed by atoms with E-state index < -0.39 is 10.0 Å². The van der Waals surface area contributed by atoms with E-state index in [0.717, 1.165) is 0 Å². The van der Waals surface area contributed by atoms with Crippen LogP contribution in [0.3, 0.4) is 0 Å². The van der Waals surface area contributed by atoms with Crippen molar-refractivity contribution in [1.29, 1.82) is 0 Å². The fourth-order valence-corrected chi connectivity index (χ4v) is 3.38. The van der Waals surface area contributed by atoms with Crippen LogP contribution in [0.1, 0.15) is 0 Å². The maximum atomic E-state index is 12.2. The molecular weight excluding hydrogens is 389 g/mol. The highest BCUT2D eigenvalue weighted by atomic mass is 79.9. The average Bonchev–Trinajstić information content (AvgIpc) is 2.40. The number of halogens is 3. The number of sulfonamides is 1. The first-order valence-electron chi connectivity index (χ1n) is 5.26. The lowest BCUT2D eigenvalue weighted by Crippen LogP contribution is -2.13. The largest absolute Gasteiger partial charge is 0.508 e. The molecule has 0 saturated carbocycles. The quantitative estimate of drug-likeness (QED) is 0.761. The molecule has 0 bridgehead atoms. The van der Waals surface area contributed by atoms with E-state index in [9.17, 15) is 8.42 Å². The number of hydrogen-bond donors (Lipinski definition) is 2. The summed E-state index contributed by atoms with van der Waals surface area (Å²) in [5.74, 6) is -0.0198. The van der Waals surface area contributed by atoms with Crippen molar-refractivity contribution >= 4 is 54.8 Å². The van der Waals surface area contributed by atoms with Gasteiger partial charge >= 0.3 is 0 Å². The Morgan fingerprint density at radius 3 is 2.20 bits per heavy atom. The van der Waals surface area contributed by atoms with Gasteiger partial charge in [-0.1, -0.05) is 23.2 Å². The minimum atomic E-state index is -3.80. The highest BCUT2D eigenvalue weighted by molar-refractivity contribution is 9.10. The van der Waals surface area contributed by atoms with Crippen LogP contribution in [0.5, 0.6) is 5.75 Å². The predicted molar refractivity (Wildman–Crippen MR) is 83.1 cm³/mol. The Labute approximate surface area is 134 Å². The van der Waals surface area contributed by atoms with Gasteiger partial charge in [-0.25, -0.2) is 8.42 Å². The second-order valence-corrected chi connectivity index (χ2v) is 7.11. The standard InChI is InChI=1S/C12H8BrCl2NO3S/c13-9-5-6-10(12(15)11(9)14)16-20(18,19)8-3-1-7(17)2-4-8/h1-6,16-17H. The number of hydrogen-bond acceptors (Lipinski definition) is 3. The van der Waals surface area contributed by atoms with Gasteiger partial charge in [0.05, 0.1) is 20.6 Å². The summed E-state index contributed by atoms with van der Waals surface area (Å²) in [7, 11) is -3.80. The van der Waals surface area contributed by atoms with E-state index in [-0.39, 0.29) is 26.4 Å². The minimum absolute atomic E-state index is 0.00501. The Balaban J connectivity index is 2.38. The summed E-state index contributed by atoms with van der Waals surface area (Å²) >= 11 is 15.1. The molecule has 20 heavy (non-hydrogen) atoms. The number of anilines is 1. The smallest absolute Gasteiger partial charge is 0.261 e. The van der Waals surface area contributed by atoms with Crippen molar-refractivity contribution in [2.75, 3.05) is 4.72 Å². The molecule has 2 N–H and O–H groups in total. The summed E-state index contributed by atoms with van der Waals surface area (Å²) in [6.07, 6.45) is 0. The molecule has 4 nitrogen and oxygen atoms in total. The van der Waals surface area contributed by atoms with Crippen molar-refractivity contribution in [3.05, 3.63) is 50.9 Å². The van der Waals surface area contributed by atoms with Gasteiger partial charge in [-0.15, -0.1) is 0 Å². The van der Waals surface area contributed by atoms with Crippen molar-refractivity contribution in [2.24, 2.45) is 0 Å². The Bertz CT molecular complexity index is 748. The monoisotopic (exact) mass is 395 g/mol. The zero-order chi connectivity index (χ0) is 14.9. The van der Waals surface area contributed by atoms with Gasteiger partial charge in [0.15, 0.2) is 0 Å². The van der Waals surface area contributed by atoms with Crippen LogP contribution in [0.4, 0.5) is 5.69 Å². The molecule has 2 rings (SSSR count). The molecule has 0 fully saturated rings. The number of benzene rings is 2. The van der Waals surface area contributed by atoms with Crippen LogP contribution < -0.4 is 4.72 Å². The third kappa shape index (κ3) is 3.20. The predicted octanol–water partition coefficient (Wildman–Crippen LogP) is 4.26. The molecule has 0 atom stereocenters. The summed E-state index contributed by atoms with van der Waals surface area (Å²) in [6, 6.07) is 8.21. The maximum Gasteiger partial charge on any atom is 0.261 e. The maximum absolute atomic E-state index is 12.2. The van der Waals surface area contributed by atoms with Gasteiger partial charge in [0.1, 0.15) is 5.75 Å². The Morgan fingerprint density at radius 1 is 1.00 bits per heavy atom. The Hall–Kier alpha value is -0.950. The minimum Gasteiger partial charge on any atom is -0.508 e. The molecule has 0 aliphatic rings. The molecule has 0 heterocycles. The zero-order valence-corrected chi connectivity index (χ0v) is 13.7. The lowest BCUT2D eigenvalue weighted by molar-refractivity contribution is 0.475. The van der Waals surface area contributed by atoms with Crippen LogP contribution in [-0.2, 0) is 10.0 Å². The van der Waals surface area contributed by atoms with E-state index in [0.29, 0.717) is 4.47 Å². The van der Waals surface area contributed by atoms with E-state index in [4.69, 9.17) is 28.3 Å². The molecule has 0 unspecified atom stereocenters. The number of phenolic OH excluding ortho intramolecular Hbond substituents is 1. The van der Waals surface area contributed by atoms with Gasteiger partial charge < -0.3 is 5.11 Å². The van der Waals surface area contributed by atoms with Crippen LogP contribution in [0.25, 0.3) is 0 Å². The highest BCUT2D eigenvalue weighted by Crippen LogP contribution is 2.36. The lowest BCUT2D eigenvalue weighted by Gasteiger charge is -2.11. The molecule has 0 aromatic heterocycles. The van der Waals surface area contributed by atoms with Gasteiger partial charge in [-0.2, -0.15) is 0 Å². The zero-order valence-electron chi connectivity index (χ0n) is 9.77. The van der Waals surface area contributed by atoms with Crippen LogP contribution in [0, 0.1) is 0 Å². The SMILES string of the molecule is O=S(=O)(Nc1ccc(Br)c(Cl)c1Cl)c1ccc(O)cc1. The van der Waals surface area contributed by atoms with Crippen LogP contribution in [0.15, 0.2) is 45.8 Å². The lowest BCUT2D eigenvalue weighted by atomic mass is 10.3. The van der Waals surface area contributed by atoms with Crippen molar-refractivity contribution in [2.45, 2.75) is 4.90 Å². The molecule has 2 aromatic carbocycles. The van der Waals surface area contributed by atoms with Crippen molar-refractivity contribution in [3.63, 3.8) is 0 Å². The molecule has 0 saturated heterocycles. The van der Waals surface area contributed by atoms with Crippen molar-refractivity contribution in [3.8, 4) is 5.75 Å². The molecule has 0 spiro atoms. The van der Waals surface area contributed by atoms with Crippen LogP contribution in [0.2, 0.25) is 10.0 Å². The first-order valence-corrected chi connectivity index (χ1v) is 8.30. The van der Waals surface area contributed by atoms with Crippen LogP contribution >= 0.6 is 39.1 Å². The first-order chi connectivity index (χ1) is 9.31. The Morgan fingerprint density at radius 2 is 1.60 bits per heavy atom. The fraction of sp³-hybridized carbons (Fsp3) is 0. The molecule has 0 aliphatic heterocycles. The second-order valence-electron chi connectivity index (χ2n) is 3.82.